The lowest BCUT2D eigenvalue weighted by molar-refractivity contribution is 0.0730. The lowest BCUT2D eigenvalue weighted by atomic mass is 10.1. The number of amides is 1. The van der Waals surface area contributed by atoms with E-state index in [1.807, 2.05) is 6.92 Å². The number of carbonyl (C=O) groups is 1. The third kappa shape index (κ3) is 4.42. The first-order chi connectivity index (χ1) is 14.8. The van der Waals surface area contributed by atoms with Crippen LogP contribution < -0.4 is 10.9 Å². The van der Waals surface area contributed by atoms with Gasteiger partial charge in [-0.25, -0.2) is 8.42 Å². The van der Waals surface area contributed by atoms with Crippen molar-refractivity contribution in [2.24, 2.45) is 0 Å². The molecule has 1 aliphatic rings. The Bertz CT molecular complexity index is 1330. The summed E-state index contributed by atoms with van der Waals surface area (Å²) in [5, 5.41) is 3.61. The van der Waals surface area contributed by atoms with Crippen molar-refractivity contribution in [3.05, 3.63) is 68.4 Å². The Morgan fingerprint density at radius 1 is 1.13 bits per heavy atom. The van der Waals surface area contributed by atoms with Gasteiger partial charge in [-0.15, -0.1) is 0 Å². The molecule has 8 nitrogen and oxygen atoms in total. The monoisotopic (exact) mass is 505 g/mol. The number of halogens is 1. The number of ether oxygens (including phenoxy) is 1. The van der Waals surface area contributed by atoms with Gasteiger partial charge in [0.15, 0.2) is 0 Å². The second-order valence-corrected chi connectivity index (χ2v) is 9.98. The Hall–Kier alpha value is -2.53. The summed E-state index contributed by atoms with van der Waals surface area (Å²) < 4.78 is 32.9. The Balaban J connectivity index is 1.64. The Morgan fingerprint density at radius 3 is 2.61 bits per heavy atom. The van der Waals surface area contributed by atoms with Gasteiger partial charge in [0, 0.05) is 40.2 Å². The number of pyridine rings is 1. The molecule has 3 aromatic rings. The van der Waals surface area contributed by atoms with E-state index in [0.29, 0.717) is 28.9 Å². The molecular weight excluding hydrogens is 486 g/mol. The highest BCUT2D eigenvalue weighted by Gasteiger charge is 2.27. The molecule has 162 valence electrons. The van der Waals surface area contributed by atoms with Gasteiger partial charge in [0.1, 0.15) is 0 Å². The van der Waals surface area contributed by atoms with Crippen LogP contribution in [0, 0.1) is 6.92 Å². The smallest absolute Gasteiger partial charge is 0.256 e. The zero-order valence-corrected chi connectivity index (χ0v) is 19.0. The molecule has 1 amide bonds. The first-order valence-electron chi connectivity index (χ1n) is 9.58. The van der Waals surface area contributed by atoms with Crippen LogP contribution in [-0.4, -0.2) is 49.9 Å². The number of aryl methyl sites for hydroxylation is 1. The van der Waals surface area contributed by atoms with Crippen LogP contribution in [0.3, 0.4) is 0 Å². The number of benzene rings is 2. The van der Waals surface area contributed by atoms with Gasteiger partial charge in [-0.05, 0) is 64.8 Å². The summed E-state index contributed by atoms with van der Waals surface area (Å²) in [6.07, 6.45) is 0. The van der Waals surface area contributed by atoms with Crippen LogP contribution in [0.1, 0.15) is 15.9 Å². The Morgan fingerprint density at radius 2 is 1.87 bits per heavy atom. The number of H-pyrrole nitrogens is 1. The molecule has 0 radical (unpaired) electrons. The number of sulfonamides is 1. The predicted molar refractivity (Wildman–Crippen MR) is 121 cm³/mol. The van der Waals surface area contributed by atoms with E-state index < -0.39 is 15.9 Å². The highest BCUT2D eigenvalue weighted by Crippen LogP contribution is 2.26. The second-order valence-electron chi connectivity index (χ2n) is 7.19. The van der Waals surface area contributed by atoms with Gasteiger partial charge in [-0.3, -0.25) is 9.59 Å². The average molecular weight is 506 g/mol. The number of nitrogens with zero attached hydrogens (tertiary/aromatic N) is 1. The van der Waals surface area contributed by atoms with E-state index in [4.69, 9.17) is 4.74 Å². The standard InChI is InChI=1S/C21H20BrN3O5S/c1-13-10-20(26)24-19-5-2-14(11-16(13)19)23-21(27)17-12-15(3-4-18(17)22)31(28,29)25-6-8-30-9-7-25/h2-5,10-12H,6-9H2,1H3,(H,23,27)(H,24,26). The summed E-state index contributed by atoms with van der Waals surface area (Å²) in [6.45, 7) is 3.06. The van der Waals surface area contributed by atoms with Crippen molar-refractivity contribution in [3.8, 4) is 0 Å². The molecule has 0 saturated carbocycles. The van der Waals surface area contributed by atoms with Gasteiger partial charge < -0.3 is 15.0 Å². The predicted octanol–water partition coefficient (Wildman–Crippen LogP) is 2.87. The van der Waals surface area contributed by atoms with E-state index in [1.165, 1.54) is 22.5 Å². The third-order valence-corrected chi connectivity index (χ3v) is 7.68. The molecule has 0 bridgehead atoms. The Kier molecular flexibility index (Phi) is 5.98. The van der Waals surface area contributed by atoms with Crippen LogP contribution in [0.4, 0.5) is 5.69 Å². The summed E-state index contributed by atoms with van der Waals surface area (Å²) in [5.41, 5.74) is 2.00. The van der Waals surface area contributed by atoms with Crippen molar-refractivity contribution in [2.75, 3.05) is 31.6 Å². The third-order valence-electron chi connectivity index (χ3n) is 5.10. The average Bonchev–Trinajstić information content (AvgIpc) is 2.75. The summed E-state index contributed by atoms with van der Waals surface area (Å²) >= 11 is 3.34. The molecule has 2 heterocycles. The van der Waals surface area contributed by atoms with Crippen LogP contribution in [0.15, 0.2) is 56.6 Å². The fourth-order valence-corrected chi connectivity index (χ4v) is 5.34. The molecule has 2 aromatic carbocycles. The number of fused-ring (bicyclic) bond motifs is 1. The molecule has 1 aromatic heterocycles. The molecule has 4 rings (SSSR count). The maximum atomic E-state index is 12.9. The number of morpholine rings is 1. The molecule has 0 spiro atoms. The van der Waals surface area contributed by atoms with Gasteiger partial charge in [0.2, 0.25) is 15.6 Å². The number of aromatic nitrogens is 1. The van der Waals surface area contributed by atoms with Crippen molar-refractivity contribution >= 4 is 48.5 Å². The minimum atomic E-state index is -3.73. The number of anilines is 1. The first-order valence-corrected chi connectivity index (χ1v) is 11.8. The van der Waals surface area contributed by atoms with Crippen molar-refractivity contribution < 1.29 is 17.9 Å². The quantitative estimate of drug-likeness (QED) is 0.566. The number of rotatable bonds is 4. The van der Waals surface area contributed by atoms with E-state index in [0.717, 1.165) is 10.9 Å². The largest absolute Gasteiger partial charge is 0.379 e. The van der Waals surface area contributed by atoms with E-state index in [1.54, 1.807) is 24.3 Å². The fourth-order valence-electron chi connectivity index (χ4n) is 3.47. The number of nitrogens with one attached hydrogen (secondary N) is 2. The first kappa shape index (κ1) is 21.7. The molecule has 0 unspecified atom stereocenters. The maximum absolute atomic E-state index is 12.9. The van der Waals surface area contributed by atoms with Crippen molar-refractivity contribution in [2.45, 2.75) is 11.8 Å². The van der Waals surface area contributed by atoms with Crippen LogP contribution in [0.2, 0.25) is 0 Å². The molecule has 1 fully saturated rings. The lowest BCUT2D eigenvalue weighted by Crippen LogP contribution is -2.40. The molecule has 10 heteroatoms. The lowest BCUT2D eigenvalue weighted by Gasteiger charge is -2.26. The highest BCUT2D eigenvalue weighted by molar-refractivity contribution is 9.10. The summed E-state index contributed by atoms with van der Waals surface area (Å²) in [6, 6.07) is 11.0. The zero-order chi connectivity index (χ0) is 22.2. The minimum Gasteiger partial charge on any atom is -0.379 e. The molecule has 0 aliphatic carbocycles. The molecule has 0 atom stereocenters. The molecule has 31 heavy (non-hydrogen) atoms. The molecular formula is C21H20BrN3O5S. The van der Waals surface area contributed by atoms with Gasteiger partial charge in [-0.1, -0.05) is 0 Å². The summed E-state index contributed by atoms with van der Waals surface area (Å²) in [7, 11) is -3.73. The molecule has 1 saturated heterocycles. The molecule has 1 aliphatic heterocycles. The maximum Gasteiger partial charge on any atom is 0.256 e. The van der Waals surface area contributed by atoms with Gasteiger partial charge in [0.25, 0.3) is 5.91 Å². The fraction of sp³-hybridized carbons (Fsp3) is 0.238. The van der Waals surface area contributed by atoms with Crippen molar-refractivity contribution in [1.82, 2.24) is 9.29 Å². The second kappa shape index (κ2) is 8.54. The van der Waals surface area contributed by atoms with Crippen LogP contribution in [0.5, 0.6) is 0 Å². The number of carbonyl (C=O) groups excluding carboxylic acids is 1. The van der Waals surface area contributed by atoms with Crippen LogP contribution in [0.25, 0.3) is 10.9 Å². The van der Waals surface area contributed by atoms with Gasteiger partial charge >= 0.3 is 0 Å². The topological polar surface area (TPSA) is 109 Å². The van der Waals surface area contributed by atoms with Crippen molar-refractivity contribution in [1.29, 1.82) is 0 Å². The summed E-state index contributed by atoms with van der Waals surface area (Å²) in [4.78, 5) is 27.4. The SMILES string of the molecule is Cc1cc(=O)[nH]c2ccc(NC(=O)c3cc(S(=O)(=O)N4CCOCC4)ccc3Br)cc12. The van der Waals surface area contributed by atoms with Crippen LogP contribution >= 0.6 is 15.9 Å². The normalized spacial score (nSPS) is 15.2. The van der Waals surface area contributed by atoms with Gasteiger partial charge in [0.05, 0.1) is 23.7 Å². The number of hydrogen-bond donors (Lipinski definition) is 2. The van der Waals surface area contributed by atoms with E-state index in [2.05, 4.69) is 26.2 Å². The number of aromatic amines is 1. The van der Waals surface area contributed by atoms with E-state index >= 15 is 0 Å². The Labute approximate surface area is 187 Å². The van der Waals surface area contributed by atoms with Gasteiger partial charge in [-0.2, -0.15) is 4.31 Å². The molecule has 2 N–H and O–H groups in total. The van der Waals surface area contributed by atoms with E-state index in [-0.39, 0.29) is 29.1 Å². The van der Waals surface area contributed by atoms with Crippen molar-refractivity contribution in [3.63, 3.8) is 0 Å². The zero-order valence-electron chi connectivity index (χ0n) is 16.6. The minimum absolute atomic E-state index is 0.0506. The van der Waals surface area contributed by atoms with E-state index in [9.17, 15) is 18.0 Å². The number of hydrogen-bond acceptors (Lipinski definition) is 5. The summed E-state index contributed by atoms with van der Waals surface area (Å²) in [5.74, 6) is -0.452. The highest BCUT2D eigenvalue weighted by atomic mass is 79.9. The van der Waals surface area contributed by atoms with Crippen LogP contribution in [-0.2, 0) is 14.8 Å².